The number of benzene rings is 2. The van der Waals surface area contributed by atoms with Crippen molar-refractivity contribution in [1.82, 2.24) is 9.97 Å². The summed E-state index contributed by atoms with van der Waals surface area (Å²) in [6, 6.07) is 13.3. The molecule has 3 heterocycles. The van der Waals surface area contributed by atoms with Crippen molar-refractivity contribution in [2.24, 2.45) is 5.92 Å². The number of non-ortho nitro benzene ring substituents is 1. The highest BCUT2D eigenvalue weighted by molar-refractivity contribution is 7.22. The number of thiazole rings is 1. The lowest BCUT2D eigenvalue weighted by molar-refractivity contribution is -0.384. The predicted octanol–water partition coefficient (Wildman–Crippen LogP) is 3.51. The summed E-state index contributed by atoms with van der Waals surface area (Å²) in [7, 11) is 0. The number of aliphatic hydroxyl groups is 1. The molecular formula is C24H15N4O7S-. The number of pyridine rings is 1. The molecule has 2 atom stereocenters. The molecule has 5 rings (SSSR count). The summed E-state index contributed by atoms with van der Waals surface area (Å²) in [6.07, 6.45) is 1.50. The number of esters is 1. The Morgan fingerprint density at radius 3 is 2.67 bits per heavy atom. The van der Waals surface area contributed by atoms with Gasteiger partial charge in [-0.15, -0.1) is 0 Å². The van der Waals surface area contributed by atoms with Gasteiger partial charge in [-0.05, 0) is 24.3 Å². The molecule has 0 aliphatic carbocycles. The number of nitro groups is 1. The number of carbonyl (C=O) groups is 2. The van der Waals surface area contributed by atoms with E-state index in [1.54, 1.807) is 18.2 Å². The summed E-state index contributed by atoms with van der Waals surface area (Å²) in [6.45, 7) is 0. The number of nitrogens with one attached hydrogen (secondary N) is 1. The molecule has 1 aliphatic heterocycles. The topological polar surface area (TPSA) is 168 Å². The molecule has 0 saturated heterocycles. The average Bonchev–Trinajstić information content (AvgIpc) is 3.44. The van der Waals surface area contributed by atoms with E-state index in [-0.39, 0.29) is 21.9 Å². The van der Waals surface area contributed by atoms with E-state index in [0.29, 0.717) is 15.8 Å². The number of hydrogen-bond acceptors (Lipinski definition) is 11. The molecule has 2 aromatic carbocycles. The molecule has 180 valence electrons. The number of nitro benzene ring substituents is 1. The molecule has 11 nitrogen and oxygen atoms in total. The first kappa shape index (κ1) is 22.9. The fraction of sp³-hybridized carbons (Fsp3) is 0.0833. The van der Waals surface area contributed by atoms with Crippen LogP contribution in [0.15, 0.2) is 78.6 Å². The van der Waals surface area contributed by atoms with Gasteiger partial charge in [-0.25, -0.2) is 9.78 Å². The van der Waals surface area contributed by atoms with Crippen LogP contribution >= 0.6 is 11.3 Å². The number of aliphatic hydroxyl groups excluding tert-OH is 1. The Morgan fingerprint density at radius 2 is 1.92 bits per heavy atom. The lowest BCUT2D eigenvalue weighted by atomic mass is 9.86. The number of ketones is 1. The van der Waals surface area contributed by atoms with Crippen LogP contribution in [0.4, 0.5) is 10.8 Å². The summed E-state index contributed by atoms with van der Waals surface area (Å²) in [5, 5.41) is 37.7. The maximum atomic E-state index is 13.4. The van der Waals surface area contributed by atoms with Crippen LogP contribution < -0.4 is 10.4 Å². The van der Waals surface area contributed by atoms with Gasteiger partial charge >= 0.3 is 5.97 Å². The largest absolute Gasteiger partial charge is 0.871 e. The summed E-state index contributed by atoms with van der Waals surface area (Å²) in [5.74, 6) is -4.86. The molecule has 2 unspecified atom stereocenters. The zero-order chi connectivity index (χ0) is 25.4. The van der Waals surface area contributed by atoms with Gasteiger partial charge in [0.25, 0.3) is 5.69 Å². The Balaban J connectivity index is 1.54. The van der Waals surface area contributed by atoms with E-state index in [4.69, 9.17) is 4.74 Å². The lowest BCUT2D eigenvalue weighted by Gasteiger charge is -2.29. The molecule has 0 radical (unpaired) electrons. The zero-order valence-corrected chi connectivity index (χ0v) is 19.0. The van der Waals surface area contributed by atoms with E-state index in [1.807, 2.05) is 0 Å². The average molecular weight is 503 g/mol. The zero-order valence-electron chi connectivity index (χ0n) is 18.2. The maximum Gasteiger partial charge on any atom is 0.339 e. The molecule has 4 aromatic rings. The first-order chi connectivity index (χ1) is 17.3. The number of nitrogens with zero attached hydrogens (tertiary/aromatic N) is 3. The number of fused-ring (bicyclic) bond motifs is 2. The van der Waals surface area contributed by atoms with Gasteiger partial charge in [0.15, 0.2) is 16.8 Å². The van der Waals surface area contributed by atoms with Crippen LogP contribution in [0.25, 0.3) is 10.2 Å². The molecule has 0 spiro atoms. The Bertz CT molecular complexity index is 1550. The van der Waals surface area contributed by atoms with Crippen molar-refractivity contribution in [3.05, 3.63) is 105 Å². The van der Waals surface area contributed by atoms with E-state index >= 15 is 0 Å². The Hall–Kier alpha value is -4.84. The van der Waals surface area contributed by atoms with Crippen LogP contribution in [-0.4, -0.2) is 31.8 Å². The summed E-state index contributed by atoms with van der Waals surface area (Å²) < 4.78 is 5.87. The number of ether oxygens (including phenoxy) is 1. The molecule has 2 aromatic heterocycles. The second kappa shape index (κ2) is 9.07. The minimum absolute atomic E-state index is 0.0790. The van der Waals surface area contributed by atoms with Gasteiger partial charge in [0.1, 0.15) is 6.10 Å². The fourth-order valence-corrected chi connectivity index (χ4v) is 4.80. The first-order valence-corrected chi connectivity index (χ1v) is 11.3. The van der Waals surface area contributed by atoms with Crippen molar-refractivity contribution >= 4 is 44.1 Å². The minimum Gasteiger partial charge on any atom is -0.871 e. The van der Waals surface area contributed by atoms with Gasteiger partial charge in [0.2, 0.25) is 0 Å². The Labute approximate surface area is 206 Å². The van der Waals surface area contributed by atoms with Crippen molar-refractivity contribution in [3.8, 4) is 0 Å². The molecule has 0 fully saturated rings. The van der Waals surface area contributed by atoms with Gasteiger partial charge in [-0.2, -0.15) is 0 Å². The smallest absolute Gasteiger partial charge is 0.339 e. The SMILES string of the molecule is O=C1OC(C(C(=O)c2ccncc2)C([O-])=C(O)Nc2nc3ccc([N+](=O)[O-])cc3s2)c2ccccc21. The van der Waals surface area contributed by atoms with E-state index in [0.717, 1.165) is 11.3 Å². The van der Waals surface area contributed by atoms with Crippen molar-refractivity contribution in [2.75, 3.05) is 5.32 Å². The first-order valence-electron chi connectivity index (χ1n) is 10.5. The van der Waals surface area contributed by atoms with E-state index in [1.165, 1.54) is 48.8 Å². The lowest BCUT2D eigenvalue weighted by Crippen LogP contribution is -2.32. The minimum atomic E-state index is -1.59. The third-order valence-electron chi connectivity index (χ3n) is 5.60. The van der Waals surface area contributed by atoms with Crippen LogP contribution in [0, 0.1) is 16.0 Å². The van der Waals surface area contributed by atoms with Gasteiger partial charge in [-0.3, -0.25) is 19.9 Å². The summed E-state index contributed by atoms with van der Waals surface area (Å²) >= 11 is 0.974. The van der Waals surface area contributed by atoms with Crippen LogP contribution in [0.3, 0.4) is 0 Å². The summed E-state index contributed by atoms with van der Waals surface area (Å²) in [5.41, 5.74) is 0.999. The van der Waals surface area contributed by atoms with Gasteiger partial charge < -0.3 is 20.3 Å². The van der Waals surface area contributed by atoms with Crippen LogP contribution in [0.5, 0.6) is 0 Å². The van der Waals surface area contributed by atoms with Gasteiger partial charge in [-0.1, -0.05) is 35.3 Å². The number of hydrogen-bond donors (Lipinski definition) is 2. The highest BCUT2D eigenvalue weighted by Gasteiger charge is 2.40. The number of carbonyl (C=O) groups excluding carboxylic acids is 2. The van der Waals surface area contributed by atoms with E-state index in [9.17, 15) is 29.9 Å². The number of cyclic esters (lactones) is 1. The van der Waals surface area contributed by atoms with Crippen molar-refractivity contribution in [1.29, 1.82) is 0 Å². The summed E-state index contributed by atoms with van der Waals surface area (Å²) in [4.78, 5) is 44.4. The third-order valence-corrected chi connectivity index (χ3v) is 6.53. The number of rotatable bonds is 7. The fourth-order valence-electron chi connectivity index (χ4n) is 3.90. The van der Waals surface area contributed by atoms with Crippen molar-refractivity contribution in [3.63, 3.8) is 0 Å². The van der Waals surface area contributed by atoms with Crippen LogP contribution in [0.2, 0.25) is 0 Å². The number of aromatic nitrogens is 2. The van der Waals surface area contributed by atoms with E-state index in [2.05, 4.69) is 15.3 Å². The molecule has 2 N–H and O–H groups in total. The molecular weight excluding hydrogens is 488 g/mol. The second-order valence-electron chi connectivity index (χ2n) is 7.76. The highest BCUT2D eigenvalue weighted by atomic mass is 32.1. The Morgan fingerprint density at radius 1 is 1.17 bits per heavy atom. The van der Waals surface area contributed by atoms with Gasteiger partial charge in [0, 0.05) is 35.7 Å². The monoisotopic (exact) mass is 503 g/mol. The molecule has 36 heavy (non-hydrogen) atoms. The van der Waals surface area contributed by atoms with Gasteiger partial charge in [0.05, 0.1) is 26.6 Å². The van der Waals surface area contributed by atoms with Crippen LogP contribution in [-0.2, 0) is 4.74 Å². The third kappa shape index (κ3) is 4.09. The van der Waals surface area contributed by atoms with Crippen molar-refractivity contribution in [2.45, 2.75) is 6.10 Å². The number of anilines is 1. The highest BCUT2D eigenvalue weighted by Crippen LogP contribution is 2.40. The number of Topliss-reactive ketones (excluding diaryl/α,β-unsaturated/α-hetero) is 1. The quantitative estimate of drug-likeness (QED) is 0.125. The molecule has 1 aliphatic rings. The van der Waals surface area contributed by atoms with Crippen LogP contribution in [0.1, 0.15) is 32.4 Å². The second-order valence-corrected chi connectivity index (χ2v) is 8.79. The molecule has 0 saturated carbocycles. The van der Waals surface area contributed by atoms with E-state index < -0.39 is 40.3 Å². The standard InChI is InChI=1S/C24H16N4O7S/c29-19(12-7-9-25-10-8-12)18(21-14-3-1-2-4-15(14)23(32)35-21)20(30)22(31)27-24-26-16-6-5-13(28(33)34)11-17(16)36-24/h1-11,18,21,30-31H,(H,26,27)/p-1. The predicted molar refractivity (Wildman–Crippen MR) is 126 cm³/mol. The molecule has 0 amide bonds. The molecule has 12 heteroatoms. The van der Waals surface area contributed by atoms with Crippen molar-refractivity contribution < 1.29 is 29.5 Å². The molecule has 0 bridgehead atoms. The Kier molecular flexibility index (Phi) is 5.78. The maximum absolute atomic E-state index is 13.4. The normalized spacial score (nSPS) is 16.1.